The molecule has 1 aliphatic rings. The molecule has 1 aliphatic heterocycles. The topological polar surface area (TPSA) is 53.2 Å². The molecule has 0 aromatic heterocycles. The van der Waals surface area contributed by atoms with Crippen molar-refractivity contribution in [2.75, 3.05) is 0 Å². The summed E-state index contributed by atoms with van der Waals surface area (Å²) in [6.45, 7) is 5.16. The van der Waals surface area contributed by atoms with Crippen LogP contribution in [0.3, 0.4) is 0 Å². The van der Waals surface area contributed by atoms with E-state index in [1.165, 1.54) is 6.92 Å². The van der Waals surface area contributed by atoms with Gasteiger partial charge in [-0.2, -0.15) is 5.26 Å². The third-order valence-corrected chi connectivity index (χ3v) is 2.27. The molecule has 1 atom stereocenters. The number of Topliss-reactive ketones (excluding diaryl/α,β-unsaturated/α-hetero) is 1. The Kier molecular flexibility index (Phi) is 2.62. The third kappa shape index (κ3) is 1.83. The summed E-state index contributed by atoms with van der Waals surface area (Å²) in [5, 5.41) is 8.78. The van der Waals surface area contributed by atoms with Crippen molar-refractivity contribution in [3.8, 4) is 6.07 Å². The van der Waals surface area contributed by atoms with Crippen molar-refractivity contribution in [1.29, 1.82) is 5.26 Å². The van der Waals surface area contributed by atoms with E-state index in [-0.39, 0.29) is 11.7 Å². The Morgan fingerprint density at radius 1 is 1.62 bits per heavy atom. The van der Waals surface area contributed by atoms with Gasteiger partial charge in [0, 0.05) is 17.0 Å². The van der Waals surface area contributed by atoms with Crippen LogP contribution in [0, 0.1) is 17.2 Å². The van der Waals surface area contributed by atoms with Gasteiger partial charge in [-0.15, -0.1) is 0 Å². The zero-order chi connectivity index (χ0) is 10.0. The van der Waals surface area contributed by atoms with Crippen LogP contribution in [0.2, 0.25) is 0 Å². The molecule has 0 aromatic rings. The van der Waals surface area contributed by atoms with E-state index >= 15 is 0 Å². The van der Waals surface area contributed by atoms with Crippen LogP contribution in [0.4, 0.5) is 0 Å². The van der Waals surface area contributed by atoms with Gasteiger partial charge in [-0.05, 0) is 27.2 Å². The molecule has 1 rings (SSSR count). The average molecular weight is 176 g/mol. The number of allylic oxidation sites excluding steroid dienone is 2. The van der Waals surface area contributed by atoms with Gasteiger partial charge in [0.2, 0.25) is 0 Å². The summed E-state index contributed by atoms with van der Waals surface area (Å²) >= 11 is 0. The van der Waals surface area contributed by atoms with E-state index in [1.807, 2.05) is 13.8 Å². The SMILES string of the molecule is CC(=O)C1=C(C)N=C(C)C(C#N)C1. The van der Waals surface area contributed by atoms with E-state index in [0.717, 1.165) is 11.4 Å². The fourth-order valence-corrected chi connectivity index (χ4v) is 1.45. The van der Waals surface area contributed by atoms with Crippen molar-refractivity contribution in [1.82, 2.24) is 0 Å². The van der Waals surface area contributed by atoms with Gasteiger partial charge in [0.25, 0.3) is 0 Å². The Balaban J connectivity index is 3.06. The molecule has 0 saturated carbocycles. The Bertz CT molecular complexity index is 344. The zero-order valence-electron chi connectivity index (χ0n) is 8.09. The number of nitriles is 1. The summed E-state index contributed by atoms with van der Waals surface area (Å²) in [6.07, 6.45) is 0.521. The molecular formula is C10H12N2O. The first-order valence-electron chi connectivity index (χ1n) is 4.21. The van der Waals surface area contributed by atoms with Crippen molar-refractivity contribution in [2.24, 2.45) is 10.9 Å². The second-order valence-electron chi connectivity index (χ2n) is 3.26. The third-order valence-electron chi connectivity index (χ3n) is 2.27. The van der Waals surface area contributed by atoms with E-state index in [0.29, 0.717) is 12.0 Å². The van der Waals surface area contributed by atoms with Crippen molar-refractivity contribution >= 4 is 11.5 Å². The maximum Gasteiger partial charge on any atom is 0.157 e. The second-order valence-corrected chi connectivity index (χ2v) is 3.26. The Hall–Kier alpha value is -1.43. The lowest BCUT2D eigenvalue weighted by Crippen LogP contribution is -2.18. The number of hydrogen-bond donors (Lipinski definition) is 0. The first-order valence-corrected chi connectivity index (χ1v) is 4.21. The Morgan fingerprint density at radius 3 is 2.69 bits per heavy atom. The van der Waals surface area contributed by atoms with Crippen molar-refractivity contribution in [2.45, 2.75) is 27.2 Å². The van der Waals surface area contributed by atoms with Crippen LogP contribution in [0.25, 0.3) is 0 Å². The fourth-order valence-electron chi connectivity index (χ4n) is 1.45. The Morgan fingerprint density at radius 2 is 2.23 bits per heavy atom. The van der Waals surface area contributed by atoms with E-state index < -0.39 is 0 Å². The van der Waals surface area contributed by atoms with Gasteiger partial charge >= 0.3 is 0 Å². The molecule has 3 heteroatoms. The summed E-state index contributed by atoms with van der Waals surface area (Å²) in [7, 11) is 0. The van der Waals surface area contributed by atoms with Crippen LogP contribution in [0.15, 0.2) is 16.3 Å². The van der Waals surface area contributed by atoms with E-state index in [9.17, 15) is 4.79 Å². The predicted molar refractivity (Wildman–Crippen MR) is 50.2 cm³/mol. The summed E-state index contributed by atoms with van der Waals surface area (Å²) in [6, 6.07) is 2.14. The van der Waals surface area contributed by atoms with Gasteiger partial charge < -0.3 is 0 Å². The summed E-state index contributed by atoms with van der Waals surface area (Å²) in [5.41, 5.74) is 2.26. The molecule has 0 radical (unpaired) electrons. The lowest BCUT2D eigenvalue weighted by atomic mass is 9.91. The van der Waals surface area contributed by atoms with Gasteiger partial charge in [0.1, 0.15) is 0 Å². The molecule has 68 valence electrons. The normalized spacial score (nSPS) is 22.3. The average Bonchev–Trinajstić information content (AvgIpc) is 2.03. The summed E-state index contributed by atoms with van der Waals surface area (Å²) < 4.78 is 0. The first-order chi connectivity index (χ1) is 6.06. The summed E-state index contributed by atoms with van der Waals surface area (Å²) in [5.74, 6) is -0.198. The number of rotatable bonds is 1. The highest BCUT2D eigenvalue weighted by molar-refractivity contribution is 5.98. The molecule has 0 amide bonds. The number of nitrogens with zero attached hydrogens (tertiary/aromatic N) is 2. The van der Waals surface area contributed by atoms with Crippen LogP contribution < -0.4 is 0 Å². The predicted octanol–water partition coefficient (Wildman–Crippen LogP) is 1.85. The Labute approximate surface area is 77.8 Å². The molecule has 1 heterocycles. The van der Waals surface area contributed by atoms with Crippen LogP contribution >= 0.6 is 0 Å². The van der Waals surface area contributed by atoms with Crippen molar-refractivity contribution in [3.05, 3.63) is 11.3 Å². The minimum atomic E-state index is -0.220. The fraction of sp³-hybridized carbons (Fsp3) is 0.500. The molecule has 0 saturated heterocycles. The lowest BCUT2D eigenvalue weighted by Gasteiger charge is -2.17. The van der Waals surface area contributed by atoms with E-state index in [4.69, 9.17) is 5.26 Å². The quantitative estimate of drug-likeness (QED) is 0.612. The highest BCUT2D eigenvalue weighted by atomic mass is 16.1. The molecule has 3 nitrogen and oxygen atoms in total. The highest BCUT2D eigenvalue weighted by Crippen LogP contribution is 2.23. The molecular weight excluding hydrogens is 164 g/mol. The molecule has 0 fully saturated rings. The molecule has 13 heavy (non-hydrogen) atoms. The molecule has 0 aliphatic carbocycles. The number of aliphatic imine (C=N–C) groups is 1. The maximum absolute atomic E-state index is 11.1. The monoisotopic (exact) mass is 176 g/mol. The van der Waals surface area contributed by atoms with Crippen molar-refractivity contribution < 1.29 is 4.79 Å². The minimum Gasteiger partial charge on any atom is -0.295 e. The minimum absolute atomic E-state index is 0.0222. The standard InChI is InChI=1S/C10H12N2O/c1-6-9(5-11)4-10(8(3)13)7(2)12-6/h9H,4H2,1-3H3. The molecule has 1 unspecified atom stereocenters. The van der Waals surface area contributed by atoms with Crippen LogP contribution in [-0.2, 0) is 4.79 Å². The molecule has 0 N–H and O–H groups in total. The van der Waals surface area contributed by atoms with Gasteiger partial charge in [0.05, 0.1) is 12.0 Å². The zero-order valence-corrected chi connectivity index (χ0v) is 8.09. The van der Waals surface area contributed by atoms with E-state index in [2.05, 4.69) is 11.1 Å². The molecule has 0 bridgehead atoms. The van der Waals surface area contributed by atoms with Crippen LogP contribution in [0.5, 0.6) is 0 Å². The molecule has 0 spiro atoms. The smallest absolute Gasteiger partial charge is 0.157 e. The van der Waals surface area contributed by atoms with Gasteiger partial charge in [-0.3, -0.25) is 9.79 Å². The van der Waals surface area contributed by atoms with Crippen LogP contribution in [-0.4, -0.2) is 11.5 Å². The van der Waals surface area contributed by atoms with Crippen LogP contribution in [0.1, 0.15) is 27.2 Å². The van der Waals surface area contributed by atoms with Gasteiger partial charge in [-0.25, -0.2) is 0 Å². The maximum atomic E-state index is 11.1. The van der Waals surface area contributed by atoms with Crippen molar-refractivity contribution in [3.63, 3.8) is 0 Å². The number of carbonyl (C=O) groups excluding carboxylic acids is 1. The number of ketones is 1. The van der Waals surface area contributed by atoms with Gasteiger partial charge in [0.15, 0.2) is 5.78 Å². The number of hydrogen-bond acceptors (Lipinski definition) is 3. The molecule has 0 aromatic carbocycles. The highest BCUT2D eigenvalue weighted by Gasteiger charge is 2.22. The second kappa shape index (κ2) is 3.53. The number of carbonyl (C=O) groups is 1. The first kappa shape index (κ1) is 9.66. The lowest BCUT2D eigenvalue weighted by molar-refractivity contribution is -0.113. The summed E-state index contributed by atoms with van der Waals surface area (Å²) in [4.78, 5) is 15.3. The largest absolute Gasteiger partial charge is 0.295 e. The van der Waals surface area contributed by atoms with E-state index in [1.54, 1.807) is 0 Å². The van der Waals surface area contributed by atoms with Gasteiger partial charge in [-0.1, -0.05) is 0 Å².